The lowest BCUT2D eigenvalue weighted by molar-refractivity contribution is 0.372. The quantitative estimate of drug-likeness (QED) is 0.634. The summed E-state index contributed by atoms with van der Waals surface area (Å²) < 4.78 is 4.92. The van der Waals surface area contributed by atoms with Crippen molar-refractivity contribution in [3.63, 3.8) is 0 Å². The number of unbranched alkanes of at least 4 members (excludes halogenated alkanes) is 6. The predicted octanol–water partition coefficient (Wildman–Crippen LogP) is 4.02. The predicted molar refractivity (Wildman–Crippen MR) is 61.0 cm³/mol. The zero-order valence-corrected chi connectivity index (χ0v) is 10.1. The maximum atomic E-state index is 5.54. The van der Waals surface area contributed by atoms with Gasteiger partial charge in [-0.15, -0.1) is 0 Å². The summed E-state index contributed by atoms with van der Waals surface area (Å²) in [6.45, 7) is 2.24. The van der Waals surface area contributed by atoms with Gasteiger partial charge in [0, 0.05) is 6.42 Å². The molecule has 0 aliphatic heterocycles. The number of nitrogens with zero attached hydrogens (tertiary/aromatic N) is 2. The van der Waals surface area contributed by atoms with Gasteiger partial charge in [-0.1, -0.05) is 45.4 Å². The largest absolute Gasteiger partial charge is 0.338 e. The molecule has 0 saturated heterocycles. The van der Waals surface area contributed by atoms with Crippen molar-refractivity contribution in [2.24, 2.45) is 0 Å². The molecule has 0 saturated carbocycles. The fourth-order valence-corrected chi connectivity index (χ4v) is 1.70. The molecule has 86 valence electrons. The van der Waals surface area contributed by atoms with Gasteiger partial charge in [0.15, 0.2) is 0 Å². The van der Waals surface area contributed by atoms with Crippen LogP contribution in [0, 0.1) is 0 Å². The molecule has 15 heavy (non-hydrogen) atoms. The van der Waals surface area contributed by atoms with Gasteiger partial charge in [-0.25, -0.2) is 0 Å². The lowest BCUT2D eigenvalue weighted by Gasteiger charge is -1.98. The Labute approximate surface area is 96.2 Å². The van der Waals surface area contributed by atoms with Crippen LogP contribution in [0.5, 0.6) is 0 Å². The minimum atomic E-state index is 0.216. The maximum Gasteiger partial charge on any atom is 0.263 e. The Morgan fingerprint density at radius 1 is 1.07 bits per heavy atom. The summed E-state index contributed by atoms with van der Waals surface area (Å²) in [5.74, 6) is 0.661. The highest BCUT2D eigenvalue weighted by atomic mass is 35.5. The minimum absolute atomic E-state index is 0.216. The second-order valence-electron chi connectivity index (χ2n) is 3.83. The van der Waals surface area contributed by atoms with Gasteiger partial charge in [0.2, 0.25) is 5.89 Å². The molecule has 0 unspecified atom stereocenters. The van der Waals surface area contributed by atoms with E-state index in [1.807, 2.05) is 0 Å². The lowest BCUT2D eigenvalue weighted by Crippen LogP contribution is -1.86. The van der Waals surface area contributed by atoms with E-state index in [0.717, 1.165) is 12.8 Å². The molecule has 1 rings (SSSR count). The Kier molecular flexibility index (Phi) is 6.41. The fraction of sp³-hybridized carbons (Fsp3) is 0.818. The number of hydrogen-bond donors (Lipinski definition) is 0. The number of aryl methyl sites for hydroxylation is 1. The van der Waals surface area contributed by atoms with E-state index in [0.29, 0.717) is 5.89 Å². The molecule has 0 aliphatic rings. The monoisotopic (exact) mass is 230 g/mol. The Hall–Kier alpha value is -0.570. The molecule has 0 atom stereocenters. The van der Waals surface area contributed by atoms with E-state index < -0.39 is 0 Å². The smallest absolute Gasteiger partial charge is 0.263 e. The van der Waals surface area contributed by atoms with E-state index in [9.17, 15) is 0 Å². The van der Waals surface area contributed by atoms with Crippen molar-refractivity contribution in [3.05, 3.63) is 11.2 Å². The highest BCUT2D eigenvalue weighted by molar-refractivity contribution is 6.28. The van der Waals surface area contributed by atoms with E-state index in [4.69, 9.17) is 16.1 Å². The maximum absolute atomic E-state index is 5.54. The first kappa shape index (κ1) is 12.5. The second kappa shape index (κ2) is 7.69. The van der Waals surface area contributed by atoms with Crippen molar-refractivity contribution in [2.45, 2.75) is 58.3 Å². The van der Waals surface area contributed by atoms with Gasteiger partial charge in [0.1, 0.15) is 0 Å². The number of halogens is 1. The summed E-state index contributed by atoms with van der Waals surface area (Å²) in [5.41, 5.74) is 0. The molecule has 0 spiro atoms. The molecule has 0 radical (unpaired) electrons. The van der Waals surface area contributed by atoms with Gasteiger partial charge in [0.05, 0.1) is 0 Å². The van der Waals surface area contributed by atoms with Crippen LogP contribution in [0.2, 0.25) is 5.28 Å². The summed E-state index contributed by atoms with van der Waals surface area (Å²) in [7, 11) is 0. The van der Waals surface area contributed by atoms with Crippen molar-refractivity contribution in [1.82, 2.24) is 10.1 Å². The fourth-order valence-electron chi connectivity index (χ4n) is 1.57. The van der Waals surface area contributed by atoms with Crippen molar-refractivity contribution in [2.75, 3.05) is 0 Å². The van der Waals surface area contributed by atoms with Crippen LogP contribution in [0.1, 0.15) is 57.8 Å². The lowest BCUT2D eigenvalue weighted by atomic mass is 10.1. The average molecular weight is 231 g/mol. The molecule has 0 N–H and O–H groups in total. The highest BCUT2D eigenvalue weighted by Crippen LogP contribution is 2.10. The molecule has 0 amide bonds. The molecule has 4 heteroatoms. The van der Waals surface area contributed by atoms with Crippen molar-refractivity contribution in [3.8, 4) is 0 Å². The van der Waals surface area contributed by atoms with Crippen LogP contribution in [0.25, 0.3) is 0 Å². The molecule has 3 nitrogen and oxygen atoms in total. The van der Waals surface area contributed by atoms with Crippen LogP contribution in [-0.2, 0) is 6.42 Å². The summed E-state index contributed by atoms with van der Waals surface area (Å²) in [6, 6.07) is 0. The van der Waals surface area contributed by atoms with Crippen molar-refractivity contribution < 1.29 is 4.52 Å². The van der Waals surface area contributed by atoms with Crippen LogP contribution in [0.15, 0.2) is 4.52 Å². The first-order valence-electron chi connectivity index (χ1n) is 5.81. The van der Waals surface area contributed by atoms with Crippen LogP contribution >= 0.6 is 11.6 Å². The van der Waals surface area contributed by atoms with E-state index in [1.54, 1.807) is 0 Å². The topological polar surface area (TPSA) is 38.9 Å². The van der Waals surface area contributed by atoms with E-state index in [1.165, 1.54) is 38.5 Å². The minimum Gasteiger partial charge on any atom is -0.338 e. The molecule has 1 aromatic rings. The summed E-state index contributed by atoms with van der Waals surface area (Å²) >= 11 is 5.54. The zero-order valence-electron chi connectivity index (χ0n) is 9.34. The van der Waals surface area contributed by atoms with E-state index in [-0.39, 0.29) is 5.28 Å². The van der Waals surface area contributed by atoms with Crippen molar-refractivity contribution in [1.29, 1.82) is 0 Å². The molecule has 0 aliphatic carbocycles. The zero-order chi connectivity index (χ0) is 10.9. The number of rotatable bonds is 8. The highest BCUT2D eigenvalue weighted by Gasteiger charge is 2.02. The van der Waals surface area contributed by atoms with Crippen LogP contribution in [-0.4, -0.2) is 10.1 Å². The number of hydrogen-bond acceptors (Lipinski definition) is 3. The molecular weight excluding hydrogens is 212 g/mol. The molecule has 1 heterocycles. The van der Waals surface area contributed by atoms with Gasteiger partial charge in [-0.2, -0.15) is 4.98 Å². The standard InChI is InChI=1S/C11H19ClN2O/c1-2-3-4-5-6-7-8-9-10-13-11(12)14-15-10/h2-9H2,1H3. The molecular formula is C11H19ClN2O. The van der Waals surface area contributed by atoms with Crippen molar-refractivity contribution >= 4 is 11.6 Å². The average Bonchev–Trinajstić information content (AvgIpc) is 2.63. The Morgan fingerprint density at radius 3 is 2.33 bits per heavy atom. The van der Waals surface area contributed by atoms with Gasteiger partial charge < -0.3 is 4.52 Å². The SMILES string of the molecule is CCCCCCCCCc1nc(Cl)no1. The number of aromatic nitrogens is 2. The van der Waals surface area contributed by atoms with E-state index >= 15 is 0 Å². The summed E-state index contributed by atoms with van der Waals surface area (Å²) in [5, 5.41) is 3.75. The third-order valence-corrected chi connectivity index (χ3v) is 2.59. The Bertz CT molecular complexity index is 263. The first-order valence-corrected chi connectivity index (χ1v) is 6.19. The molecule has 0 fully saturated rings. The molecule has 0 bridgehead atoms. The normalized spacial score (nSPS) is 10.8. The van der Waals surface area contributed by atoms with E-state index in [2.05, 4.69) is 17.1 Å². The van der Waals surface area contributed by atoms with Crippen LogP contribution in [0.4, 0.5) is 0 Å². The third-order valence-electron chi connectivity index (χ3n) is 2.44. The van der Waals surface area contributed by atoms with Crippen LogP contribution < -0.4 is 0 Å². The Balaban J connectivity index is 1.93. The Morgan fingerprint density at radius 2 is 1.73 bits per heavy atom. The third kappa shape index (κ3) is 5.78. The summed E-state index contributed by atoms with van der Waals surface area (Å²) in [6.07, 6.45) is 9.89. The first-order chi connectivity index (χ1) is 7.33. The van der Waals surface area contributed by atoms with Gasteiger partial charge >= 0.3 is 0 Å². The van der Waals surface area contributed by atoms with Gasteiger partial charge in [-0.3, -0.25) is 0 Å². The van der Waals surface area contributed by atoms with Gasteiger partial charge in [-0.05, 0) is 23.2 Å². The molecule has 1 aromatic heterocycles. The second-order valence-corrected chi connectivity index (χ2v) is 4.17. The van der Waals surface area contributed by atoms with Crippen LogP contribution in [0.3, 0.4) is 0 Å². The van der Waals surface area contributed by atoms with Gasteiger partial charge in [0.25, 0.3) is 5.28 Å². The molecule has 0 aromatic carbocycles. The summed E-state index contributed by atoms with van der Waals surface area (Å²) in [4.78, 5) is 3.95.